The van der Waals surface area contributed by atoms with Crippen LogP contribution in [0, 0.1) is 0 Å². The molecule has 74 valence electrons. The van der Waals surface area contributed by atoms with Crippen molar-refractivity contribution >= 4 is 29.2 Å². The summed E-state index contributed by atoms with van der Waals surface area (Å²) >= 11 is 0.148. The Morgan fingerprint density at radius 3 is 1.59 bits per heavy atom. The summed E-state index contributed by atoms with van der Waals surface area (Å²) in [5.74, 6) is -5.47. The van der Waals surface area contributed by atoms with E-state index in [1.54, 1.807) is 0 Å². The van der Waals surface area contributed by atoms with Gasteiger partial charge in [0.25, 0.3) is 0 Å². The minimum Gasteiger partial charge on any atom is -0.544 e. The number of carbonyl (C=O) groups excluding carboxylic acids is 3. The Balaban J connectivity index is -0.000000653. The molecule has 0 saturated carbocycles. The van der Waals surface area contributed by atoms with Crippen LogP contribution in [0.15, 0.2) is 0 Å². The van der Waals surface area contributed by atoms with Gasteiger partial charge in [0.2, 0.25) is 0 Å². The second-order valence-corrected chi connectivity index (χ2v) is 3.06. The number of carboxylic acids is 3. The van der Waals surface area contributed by atoms with E-state index in [1.807, 2.05) is 0 Å². The van der Waals surface area contributed by atoms with Crippen molar-refractivity contribution in [2.45, 2.75) is 0 Å². The van der Waals surface area contributed by atoms with Gasteiger partial charge < -0.3 is 29.7 Å². The van der Waals surface area contributed by atoms with Gasteiger partial charge in [-0.25, -0.2) is 4.98 Å². The number of nitrogens with zero attached hydrogens (tertiary/aromatic N) is 1. The molecule has 11 heteroatoms. The van der Waals surface area contributed by atoms with Crippen LogP contribution in [-0.2, 0) is 0 Å². The standard InChI is InChI=1S/C6H3NO6S.3Na/c8-4(9)1-2(5(10)11)14-3(7-1)6(12)13;;;/h(H,8,9)(H,10,11)(H,12,13);;;/q;3*+1/p-3. The van der Waals surface area contributed by atoms with Crippen molar-refractivity contribution < 1.29 is 118 Å². The van der Waals surface area contributed by atoms with Crippen molar-refractivity contribution in [1.82, 2.24) is 4.98 Å². The average molecular weight is 283 g/mol. The van der Waals surface area contributed by atoms with Gasteiger partial charge in [0, 0.05) is 0 Å². The molecule has 0 unspecified atom stereocenters. The van der Waals surface area contributed by atoms with E-state index in [-0.39, 0.29) is 100 Å². The second kappa shape index (κ2) is 9.90. The number of aromatic carboxylic acids is 3. The maximum atomic E-state index is 10.3. The number of aromatic nitrogens is 1. The summed E-state index contributed by atoms with van der Waals surface area (Å²) in [6, 6.07) is 0. The number of thiazole rings is 1. The number of rotatable bonds is 3. The van der Waals surface area contributed by atoms with E-state index in [9.17, 15) is 29.7 Å². The van der Waals surface area contributed by atoms with Gasteiger partial charge in [-0.2, -0.15) is 0 Å². The number of hydrogen-bond acceptors (Lipinski definition) is 8. The summed E-state index contributed by atoms with van der Waals surface area (Å²) in [6.45, 7) is 0. The van der Waals surface area contributed by atoms with Crippen LogP contribution in [0.1, 0.15) is 30.0 Å². The Morgan fingerprint density at radius 2 is 1.35 bits per heavy atom. The van der Waals surface area contributed by atoms with Crippen molar-refractivity contribution in [2.75, 3.05) is 0 Å². The topological polar surface area (TPSA) is 133 Å². The Bertz CT molecular complexity index is 402. The van der Waals surface area contributed by atoms with E-state index in [0.29, 0.717) is 0 Å². The monoisotopic (exact) mass is 283 g/mol. The summed E-state index contributed by atoms with van der Waals surface area (Å²) in [5.41, 5.74) is -0.964. The summed E-state index contributed by atoms with van der Waals surface area (Å²) in [4.78, 5) is 33.0. The first-order chi connectivity index (χ1) is 6.43. The van der Waals surface area contributed by atoms with Crippen molar-refractivity contribution in [3.05, 3.63) is 15.6 Å². The van der Waals surface area contributed by atoms with Gasteiger partial charge in [-0.15, -0.1) is 11.3 Å². The maximum Gasteiger partial charge on any atom is 1.00 e. The number of carboxylic acid groups (broad SMARTS) is 3. The summed E-state index contributed by atoms with van der Waals surface area (Å²) < 4.78 is 0. The van der Waals surface area contributed by atoms with Crippen LogP contribution in [0.5, 0.6) is 0 Å². The smallest absolute Gasteiger partial charge is 0.544 e. The van der Waals surface area contributed by atoms with Crippen LogP contribution in [0.4, 0.5) is 0 Å². The van der Waals surface area contributed by atoms with Crippen LogP contribution in [0.25, 0.3) is 0 Å². The predicted molar refractivity (Wildman–Crippen MR) is 35.1 cm³/mol. The molecule has 0 aliphatic rings. The molecule has 0 N–H and O–H groups in total. The van der Waals surface area contributed by atoms with E-state index < -0.39 is 33.5 Å². The zero-order valence-corrected chi connectivity index (χ0v) is 16.1. The minimum atomic E-state index is -1.88. The molecule has 7 nitrogen and oxygen atoms in total. The fraction of sp³-hybridized carbons (Fsp3) is 0. The van der Waals surface area contributed by atoms with Crippen molar-refractivity contribution in [3.8, 4) is 0 Å². The number of carbonyl (C=O) groups is 3. The van der Waals surface area contributed by atoms with E-state index in [4.69, 9.17) is 0 Å². The molecule has 0 fully saturated rings. The van der Waals surface area contributed by atoms with Crippen LogP contribution in [0.3, 0.4) is 0 Å². The van der Waals surface area contributed by atoms with Gasteiger partial charge in [-0.05, 0) is 0 Å². The fourth-order valence-corrected chi connectivity index (χ4v) is 1.41. The van der Waals surface area contributed by atoms with E-state index in [2.05, 4.69) is 4.98 Å². The third-order valence-electron chi connectivity index (χ3n) is 1.18. The molecular formula is C6NNa3O6S. The Kier molecular flexibility index (Phi) is 13.5. The molecule has 17 heavy (non-hydrogen) atoms. The Morgan fingerprint density at radius 1 is 0.882 bits per heavy atom. The summed E-state index contributed by atoms with van der Waals surface area (Å²) in [6.07, 6.45) is 0. The quantitative estimate of drug-likeness (QED) is 0.503. The Hall–Kier alpha value is 1.04. The molecule has 0 spiro atoms. The molecule has 1 aromatic rings. The molecule has 0 saturated heterocycles. The van der Waals surface area contributed by atoms with Gasteiger partial charge >= 0.3 is 88.7 Å². The van der Waals surface area contributed by atoms with Crippen molar-refractivity contribution in [2.24, 2.45) is 0 Å². The number of hydrogen-bond donors (Lipinski definition) is 0. The molecule has 1 aromatic heterocycles. The van der Waals surface area contributed by atoms with E-state index in [1.165, 1.54) is 0 Å². The van der Waals surface area contributed by atoms with Gasteiger partial charge in [-0.1, -0.05) is 0 Å². The minimum absolute atomic E-state index is 0. The van der Waals surface area contributed by atoms with Crippen LogP contribution in [-0.4, -0.2) is 22.9 Å². The second-order valence-electron chi connectivity index (χ2n) is 2.06. The van der Waals surface area contributed by atoms with Crippen molar-refractivity contribution in [1.29, 1.82) is 0 Å². The molecule has 0 radical (unpaired) electrons. The SMILES string of the molecule is O=C([O-])c1nc(C(=O)[O-])c(C(=O)[O-])s1.[Na+].[Na+].[Na+]. The van der Waals surface area contributed by atoms with Gasteiger partial charge in [0.05, 0.1) is 16.8 Å². The molecule has 0 atom stereocenters. The zero-order valence-electron chi connectivity index (χ0n) is 9.30. The van der Waals surface area contributed by atoms with Crippen LogP contribution >= 0.6 is 11.3 Å². The third-order valence-corrected chi connectivity index (χ3v) is 2.20. The normalized spacial score (nSPS) is 8.00. The molecule has 1 heterocycles. The zero-order chi connectivity index (χ0) is 10.9. The summed E-state index contributed by atoms with van der Waals surface area (Å²) in [5, 5.41) is 30.1. The van der Waals surface area contributed by atoms with Gasteiger partial charge in [-0.3, -0.25) is 0 Å². The Labute approximate surface area is 165 Å². The van der Waals surface area contributed by atoms with E-state index >= 15 is 0 Å². The molecule has 0 aliphatic carbocycles. The first-order valence-electron chi connectivity index (χ1n) is 3.08. The van der Waals surface area contributed by atoms with Gasteiger partial charge in [0.1, 0.15) is 16.7 Å². The maximum absolute atomic E-state index is 10.3. The van der Waals surface area contributed by atoms with E-state index in [0.717, 1.165) is 0 Å². The first-order valence-corrected chi connectivity index (χ1v) is 3.90. The molecule has 0 amide bonds. The van der Waals surface area contributed by atoms with Crippen LogP contribution < -0.4 is 104 Å². The predicted octanol–water partition coefficient (Wildman–Crippen LogP) is -12.8. The average Bonchev–Trinajstić information content (AvgIpc) is 2.47. The van der Waals surface area contributed by atoms with Crippen LogP contribution in [0.2, 0.25) is 0 Å². The largest absolute Gasteiger partial charge is 1.00 e. The van der Waals surface area contributed by atoms with Gasteiger partial charge in [0.15, 0.2) is 0 Å². The molecule has 0 aliphatic heterocycles. The fourth-order valence-electron chi connectivity index (χ4n) is 0.684. The molecule has 0 bridgehead atoms. The third kappa shape index (κ3) is 6.15. The first kappa shape index (κ1) is 23.2. The summed E-state index contributed by atoms with van der Waals surface area (Å²) in [7, 11) is 0. The molecule has 0 aromatic carbocycles. The molecule has 1 rings (SSSR count). The van der Waals surface area contributed by atoms with Crippen molar-refractivity contribution in [3.63, 3.8) is 0 Å². The molecular weight excluding hydrogens is 283 g/mol.